The zero-order valence-corrected chi connectivity index (χ0v) is 35.9. The molecule has 0 saturated heterocycles. The van der Waals surface area contributed by atoms with Crippen molar-refractivity contribution < 1.29 is 47.1 Å². The Labute approximate surface area is 350 Å². The van der Waals surface area contributed by atoms with Gasteiger partial charge >= 0.3 is 0 Å². The topological polar surface area (TPSA) is 121 Å². The lowest BCUT2D eigenvalue weighted by molar-refractivity contribution is -0.697. The summed E-state index contributed by atoms with van der Waals surface area (Å²) in [4.78, 5) is 24.7. The molecule has 12 nitrogen and oxygen atoms in total. The second-order valence-corrected chi connectivity index (χ2v) is 15.6. The van der Waals surface area contributed by atoms with Gasteiger partial charge in [0.1, 0.15) is 24.6 Å². The number of amides is 2. The molecule has 0 unspecified atom stereocenters. The average Bonchev–Trinajstić information content (AvgIpc) is 3.25. The SMILES string of the molecule is COc1cc(OC)c(OC)cc1C=Cc1cc[n+](CCCC(=O)NCCSSCCNC(=O)CCC[n+]2ccc(C=Cc3cc(OC)c(OC)cc3OC)cc2)cc1. The van der Waals surface area contributed by atoms with E-state index in [-0.39, 0.29) is 11.8 Å². The van der Waals surface area contributed by atoms with E-state index in [0.29, 0.717) is 60.4 Å². The molecule has 4 rings (SSSR count). The lowest BCUT2D eigenvalue weighted by Gasteiger charge is -2.12. The minimum Gasteiger partial charge on any atom is -0.496 e. The highest BCUT2D eigenvalue weighted by atomic mass is 33.1. The number of carbonyl (C=O) groups excluding carboxylic acids is 2. The summed E-state index contributed by atoms with van der Waals surface area (Å²) in [6.07, 6.45) is 18.5. The molecule has 0 bridgehead atoms. The van der Waals surface area contributed by atoms with E-state index < -0.39 is 0 Å². The molecule has 0 atom stereocenters. The van der Waals surface area contributed by atoms with Crippen LogP contribution in [0.3, 0.4) is 0 Å². The van der Waals surface area contributed by atoms with Crippen molar-refractivity contribution in [3.8, 4) is 34.5 Å². The Hall–Kier alpha value is -5.34. The lowest BCUT2D eigenvalue weighted by Crippen LogP contribution is -2.34. The van der Waals surface area contributed by atoms with Gasteiger partial charge in [0.15, 0.2) is 47.8 Å². The van der Waals surface area contributed by atoms with E-state index in [1.165, 1.54) is 0 Å². The number of aromatic nitrogens is 2. The number of nitrogens with one attached hydrogen (secondary N) is 2. The fraction of sp³-hybridized carbons (Fsp3) is 0.364. The minimum absolute atomic E-state index is 0.0555. The third-order valence-electron chi connectivity index (χ3n) is 8.96. The van der Waals surface area contributed by atoms with Gasteiger partial charge < -0.3 is 39.1 Å². The predicted octanol–water partition coefficient (Wildman–Crippen LogP) is 6.53. The van der Waals surface area contributed by atoms with Crippen molar-refractivity contribution in [2.24, 2.45) is 0 Å². The smallest absolute Gasteiger partial charge is 0.220 e. The fourth-order valence-corrected chi connectivity index (χ4v) is 7.61. The van der Waals surface area contributed by atoms with Crippen molar-refractivity contribution in [2.45, 2.75) is 38.8 Å². The van der Waals surface area contributed by atoms with E-state index in [1.807, 2.05) is 97.6 Å². The number of methoxy groups -OCH3 is 6. The summed E-state index contributed by atoms with van der Waals surface area (Å²) in [5.41, 5.74) is 3.84. The summed E-state index contributed by atoms with van der Waals surface area (Å²) in [5.74, 6) is 5.60. The van der Waals surface area contributed by atoms with Crippen molar-refractivity contribution in [3.05, 3.63) is 95.6 Å². The maximum Gasteiger partial charge on any atom is 0.220 e. The molecule has 14 heteroatoms. The standard InChI is InChI=1S/C44H54N4O8S2/c1-51-37-31-41(55-5)39(53-3)29-35(37)13-11-33-15-23-47(24-16-33)21-7-9-43(49)45-19-27-57-58-28-20-46-44(50)10-8-22-48-25-17-34(18-26-48)12-14-36-30-40(54-4)42(56-6)32-38(36)52-2/h11-18,23-26,29-32H,7-10,19-22,27-28H2,1-6H3/p+2. The van der Waals surface area contributed by atoms with Crippen molar-refractivity contribution in [2.75, 3.05) is 67.3 Å². The summed E-state index contributed by atoms with van der Waals surface area (Å²) in [6.45, 7) is 2.73. The molecule has 4 aromatic rings. The molecule has 310 valence electrons. The summed E-state index contributed by atoms with van der Waals surface area (Å²) in [5, 5.41) is 6.00. The summed E-state index contributed by atoms with van der Waals surface area (Å²) in [6, 6.07) is 15.5. The summed E-state index contributed by atoms with van der Waals surface area (Å²) >= 11 is 0. The van der Waals surface area contributed by atoms with Crippen LogP contribution in [0.2, 0.25) is 0 Å². The highest BCUT2D eigenvalue weighted by molar-refractivity contribution is 8.76. The molecular formula is C44H56N4O8S2+2. The first-order valence-electron chi connectivity index (χ1n) is 19.0. The van der Waals surface area contributed by atoms with E-state index in [0.717, 1.165) is 59.7 Å². The molecule has 0 aliphatic rings. The van der Waals surface area contributed by atoms with E-state index in [9.17, 15) is 9.59 Å². The van der Waals surface area contributed by atoms with Crippen LogP contribution in [-0.4, -0.2) is 79.1 Å². The van der Waals surface area contributed by atoms with Crippen LogP contribution in [0.5, 0.6) is 34.5 Å². The van der Waals surface area contributed by atoms with Gasteiger partial charge in [-0.15, -0.1) is 0 Å². The molecule has 58 heavy (non-hydrogen) atoms. The van der Waals surface area contributed by atoms with Gasteiger partial charge in [0.2, 0.25) is 11.8 Å². The van der Waals surface area contributed by atoms with Gasteiger partial charge in [-0.05, 0) is 23.3 Å². The predicted molar refractivity (Wildman–Crippen MR) is 233 cm³/mol. The van der Waals surface area contributed by atoms with Crippen molar-refractivity contribution in [3.63, 3.8) is 0 Å². The van der Waals surface area contributed by atoms with Gasteiger partial charge in [-0.1, -0.05) is 45.9 Å². The minimum atomic E-state index is 0.0555. The number of nitrogens with zero attached hydrogens (tertiary/aromatic N) is 2. The molecule has 2 amide bonds. The van der Waals surface area contributed by atoms with Gasteiger partial charge in [-0.25, -0.2) is 9.13 Å². The second kappa shape index (κ2) is 25.1. The number of rotatable bonds is 25. The average molecular weight is 833 g/mol. The molecule has 2 aromatic heterocycles. The molecule has 2 heterocycles. The number of aryl methyl sites for hydroxylation is 2. The maximum atomic E-state index is 12.3. The Morgan fingerprint density at radius 3 is 1.21 bits per heavy atom. The molecule has 0 fully saturated rings. The van der Waals surface area contributed by atoms with Crippen molar-refractivity contribution in [1.29, 1.82) is 0 Å². The quantitative estimate of drug-likeness (QED) is 0.0434. The van der Waals surface area contributed by atoms with Gasteiger partial charge in [-0.3, -0.25) is 9.59 Å². The van der Waals surface area contributed by atoms with Gasteiger partial charge in [0.05, 0.1) is 42.7 Å². The number of carbonyl (C=O) groups is 2. The zero-order chi connectivity index (χ0) is 41.5. The first-order chi connectivity index (χ1) is 28.3. The van der Waals surface area contributed by atoms with Crippen molar-refractivity contribution in [1.82, 2.24) is 10.6 Å². The Morgan fingerprint density at radius 2 is 0.862 bits per heavy atom. The van der Waals surface area contributed by atoms with Crippen LogP contribution in [0.1, 0.15) is 47.9 Å². The summed E-state index contributed by atoms with van der Waals surface area (Å²) < 4.78 is 36.8. The van der Waals surface area contributed by atoms with E-state index in [4.69, 9.17) is 28.4 Å². The summed E-state index contributed by atoms with van der Waals surface area (Å²) in [7, 11) is 13.1. The molecular weight excluding hydrogens is 777 g/mol. The Kier molecular flexibility index (Phi) is 19.6. The molecule has 0 spiro atoms. The molecule has 0 aliphatic carbocycles. The highest BCUT2D eigenvalue weighted by Gasteiger charge is 2.12. The van der Waals surface area contributed by atoms with E-state index in [1.54, 1.807) is 64.2 Å². The number of hydrogen-bond acceptors (Lipinski definition) is 10. The normalized spacial score (nSPS) is 11.1. The maximum absolute atomic E-state index is 12.3. The zero-order valence-electron chi connectivity index (χ0n) is 34.3. The third-order valence-corrected chi connectivity index (χ3v) is 11.4. The van der Waals surface area contributed by atoms with Gasteiger partial charge in [-0.2, -0.15) is 0 Å². The lowest BCUT2D eigenvalue weighted by atomic mass is 10.1. The van der Waals surface area contributed by atoms with Crippen LogP contribution < -0.4 is 48.2 Å². The number of ether oxygens (including phenoxy) is 6. The number of benzene rings is 2. The first-order valence-corrected chi connectivity index (χ1v) is 21.5. The van der Waals surface area contributed by atoms with Crippen LogP contribution in [0, 0.1) is 0 Å². The largest absolute Gasteiger partial charge is 0.496 e. The van der Waals surface area contributed by atoms with Crippen LogP contribution in [0.15, 0.2) is 73.3 Å². The second-order valence-electron chi connectivity index (χ2n) is 12.9. The molecule has 2 aromatic carbocycles. The van der Waals surface area contributed by atoms with E-state index >= 15 is 0 Å². The number of pyridine rings is 2. The van der Waals surface area contributed by atoms with Gasteiger partial charge in [0.25, 0.3) is 0 Å². The number of hydrogen-bond donors (Lipinski definition) is 2. The fourth-order valence-electron chi connectivity index (χ4n) is 5.80. The highest BCUT2D eigenvalue weighted by Crippen LogP contribution is 2.36. The first kappa shape index (κ1) is 45.4. The van der Waals surface area contributed by atoms with E-state index in [2.05, 4.69) is 19.8 Å². The van der Waals surface area contributed by atoms with Crippen LogP contribution >= 0.6 is 21.6 Å². The Balaban J connectivity index is 1.02. The Morgan fingerprint density at radius 1 is 0.517 bits per heavy atom. The molecule has 2 N–H and O–H groups in total. The van der Waals surface area contributed by atoms with Crippen molar-refractivity contribution >= 4 is 57.7 Å². The molecule has 0 radical (unpaired) electrons. The monoisotopic (exact) mass is 832 g/mol. The third kappa shape index (κ3) is 14.9. The van der Waals surface area contributed by atoms with Crippen LogP contribution in [0.4, 0.5) is 0 Å². The molecule has 0 aliphatic heterocycles. The van der Waals surface area contributed by atoms with Gasteiger partial charge in [0, 0.05) is 97.8 Å². The van der Waals surface area contributed by atoms with Crippen LogP contribution in [-0.2, 0) is 22.7 Å². The van der Waals surface area contributed by atoms with Crippen LogP contribution in [0.25, 0.3) is 24.3 Å². The molecule has 0 saturated carbocycles. The Bertz CT molecular complexity index is 1820.